The van der Waals surface area contributed by atoms with Gasteiger partial charge in [0.15, 0.2) is 0 Å². The first-order valence-corrected chi connectivity index (χ1v) is 8.00. The average Bonchev–Trinajstić information content (AvgIpc) is 2.90. The molecule has 102 valence electrons. The van der Waals surface area contributed by atoms with Crippen molar-refractivity contribution < 1.29 is 9.90 Å². The van der Waals surface area contributed by atoms with Gasteiger partial charge in [0, 0.05) is 19.6 Å². The van der Waals surface area contributed by atoms with E-state index in [0.717, 1.165) is 24.6 Å². The molecule has 0 bridgehead atoms. The third kappa shape index (κ3) is 2.79. The number of nitrogens with zero attached hydrogens (tertiary/aromatic N) is 1. The van der Waals surface area contributed by atoms with Crippen molar-refractivity contribution in [1.82, 2.24) is 4.90 Å². The van der Waals surface area contributed by atoms with Crippen LogP contribution in [0.1, 0.15) is 23.5 Å². The number of fused-ring (bicyclic) bond motifs is 1. The minimum atomic E-state index is -0.696. The van der Waals surface area contributed by atoms with Crippen molar-refractivity contribution >= 4 is 17.7 Å². The maximum absolute atomic E-state index is 11.5. The Hall–Kier alpha value is -1.00. The van der Waals surface area contributed by atoms with Gasteiger partial charge in [-0.05, 0) is 35.0 Å². The number of thioether (sulfide) groups is 1. The van der Waals surface area contributed by atoms with E-state index in [4.69, 9.17) is 0 Å². The van der Waals surface area contributed by atoms with Crippen molar-refractivity contribution in [3.63, 3.8) is 0 Å². The minimum Gasteiger partial charge on any atom is -0.481 e. The summed E-state index contributed by atoms with van der Waals surface area (Å²) in [7, 11) is 0. The number of aliphatic carboxylic acids is 1. The molecule has 0 aliphatic carbocycles. The summed E-state index contributed by atoms with van der Waals surface area (Å²) < 4.78 is 0. The number of carboxylic acid groups (broad SMARTS) is 1. The number of carboxylic acids is 1. The number of rotatable bonds is 3. The fourth-order valence-electron chi connectivity index (χ4n) is 3.12. The molecule has 1 aromatic rings. The van der Waals surface area contributed by atoms with Crippen molar-refractivity contribution in [3.8, 4) is 0 Å². The van der Waals surface area contributed by atoms with E-state index >= 15 is 0 Å². The van der Waals surface area contributed by atoms with E-state index in [1.54, 1.807) is 0 Å². The average molecular weight is 277 g/mol. The van der Waals surface area contributed by atoms with Gasteiger partial charge in [0.25, 0.3) is 0 Å². The summed E-state index contributed by atoms with van der Waals surface area (Å²) in [5.74, 6) is 2.18. The Kier molecular flexibility index (Phi) is 3.80. The van der Waals surface area contributed by atoms with E-state index in [-0.39, 0.29) is 5.92 Å². The molecule has 2 aliphatic rings. The van der Waals surface area contributed by atoms with Crippen molar-refractivity contribution in [2.24, 2.45) is 5.92 Å². The normalized spacial score (nSPS) is 27.2. The van der Waals surface area contributed by atoms with Gasteiger partial charge in [0.2, 0.25) is 0 Å². The zero-order valence-corrected chi connectivity index (χ0v) is 11.7. The monoisotopic (exact) mass is 277 g/mol. The Balaban J connectivity index is 1.78. The van der Waals surface area contributed by atoms with E-state index in [9.17, 15) is 9.90 Å². The molecule has 1 fully saturated rings. The molecule has 1 aromatic carbocycles. The molecule has 0 radical (unpaired) electrons. The summed E-state index contributed by atoms with van der Waals surface area (Å²) in [6.07, 6.45) is 1.28. The molecule has 4 heteroatoms. The van der Waals surface area contributed by atoms with Gasteiger partial charge in [-0.15, -0.1) is 0 Å². The van der Waals surface area contributed by atoms with Crippen LogP contribution in [0.15, 0.2) is 24.3 Å². The predicted octanol–water partition coefficient (Wildman–Crippen LogP) is 2.42. The van der Waals surface area contributed by atoms with Crippen molar-refractivity contribution in [3.05, 3.63) is 35.4 Å². The number of hydrogen-bond acceptors (Lipinski definition) is 3. The maximum atomic E-state index is 11.5. The largest absolute Gasteiger partial charge is 0.481 e. The first-order chi connectivity index (χ1) is 9.24. The molecule has 0 spiro atoms. The molecular weight excluding hydrogens is 258 g/mol. The van der Waals surface area contributed by atoms with Crippen LogP contribution in [0.25, 0.3) is 0 Å². The molecule has 2 atom stereocenters. The van der Waals surface area contributed by atoms with E-state index in [1.807, 2.05) is 30.0 Å². The molecule has 0 aromatic heterocycles. The highest BCUT2D eigenvalue weighted by atomic mass is 32.2. The third-order valence-electron chi connectivity index (χ3n) is 4.10. The van der Waals surface area contributed by atoms with Crippen LogP contribution in [-0.4, -0.2) is 40.6 Å². The lowest BCUT2D eigenvalue weighted by atomic mass is 9.89. The zero-order valence-electron chi connectivity index (χ0n) is 10.9. The number of hydrogen-bond donors (Lipinski definition) is 1. The lowest BCUT2D eigenvalue weighted by Gasteiger charge is -2.34. The first-order valence-electron chi connectivity index (χ1n) is 6.85. The molecule has 1 N–H and O–H groups in total. The molecule has 1 saturated heterocycles. The topological polar surface area (TPSA) is 40.5 Å². The van der Waals surface area contributed by atoms with Crippen LogP contribution in [0.3, 0.4) is 0 Å². The second-order valence-electron chi connectivity index (χ2n) is 5.51. The fraction of sp³-hybridized carbons (Fsp3) is 0.533. The highest BCUT2D eigenvalue weighted by molar-refractivity contribution is 7.99. The Morgan fingerprint density at radius 3 is 3.00 bits per heavy atom. The van der Waals surface area contributed by atoms with Gasteiger partial charge >= 0.3 is 5.97 Å². The molecule has 2 heterocycles. The Morgan fingerprint density at radius 1 is 1.42 bits per heavy atom. The molecule has 19 heavy (non-hydrogen) atoms. The summed E-state index contributed by atoms with van der Waals surface area (Å²) in [5.41, 5.74) is 2.19. The Morgan fingerprint density at radius 2 is 2.26 bits per heavy atom. The lowest BCUT2D eigenvalue weighted by Crippen LogP contribution is -2.39. The second kappa shape index (κ2) is 5.55. The van der Waals surface area contributed by atoms with Crippen molar-refractivity contribution in [2.75, 3.05) is 24.6 Å². The lowest BCUT2D eigenvalue weighted by molar-refractivity contribution is -0.139. The molecule has 2 aliphatic heterocycles. The van der Waals surface area contributed by atoms with Gasteiger partial charge < -0.3 is 5.11 Å². The first kappa shape index (κ1) is 13.0. The van der Waals surface area contributed by atoms with Crippen LogP contribution in [-0.2, 0) is 11.3 Å². The van der Waals surface area contributed by atoms with Crippen LogP contribution < -0.4 is 0 Å². The van der Waals surface area contributed by atoms with Crippen molar-refractivity contribution in [1.29, 1.82) is 0 Å². The molecule has 0 saturated carbocycles. The number of carbonyl (C=O) groups is 1. The summed E-state index contributed by atoms with van der Waals surface area (Å²) in [6, 6.07) is 7.99. The zero-order chi connectivity index (χ0) is 13.2. The highest BCUT2D eigenvalue weighted by Gasteiger charge is 2.31. The summed E-state index contributed by atoms with van der Waals surface area (Å²) in [6.45, 7) is 2.61. The molecular formula is C15H19NO2S. The Bertz CT molecular complexity index is 471. The fourth-order valence-corrected chi connectivity index (χ4v) is 4.39. The summed E-state index contributed by atoms with van der Waals surface area (Å²) in [4.78, 5) is 13.8. The number of benzene rings is 1. The van der Waals surface area contributed by atoms with Gasteiger partial charge in [-0.3, -0.25) is 9.69 Å². The quantitative estimate of drug-likeness (QED) is 0.921. The van der Waals surface area contributed by atoms with E-state index in [2.05, 4.69) is 11.0 Å². The summed E-state index contributed by atoms with van der Waals surface area (Å²) in [5, 5.41) is 9.43. The molecule has 3 nitrogen and oxygen atoms in total. The van der Waals surface area contributed by atoms with Gasteiger partial charge in [0.1, 0.15) is 0 Å². The maximum Gasteiger partial charge on any atom is 0.312 e. The van der Waals surface area contributed by atoms with Crippen LogP contribution in [0.5, 0.6) is 0 Å². The standard InChI is InChI=1S/C15H19NO2S/c17-15(18)14-9-16(7-11-5-6-19-10-11)8-12-3-1-2-4-13(12)14/h1-4,11,14H,5-10H2,(H,17,18). The van der Waals surface area contributed by atoms with Crippen LogP contribution in [0.4, 0.5) is 0 Å². The molecule has 3 rings (SSSR count). The predicted molar refractivity (Wildman–Crippen MR) is 77.5 cm³/mol. The Labute approximate surface area is 118 Å². The summed E-state index contributed by atoms with van der Waals surface area (Å²) >= 11 is 2.02. The van der Waals surface area contributed by atoms with E-state index in [1.165, 1.54) is 23.5 Å². The molecule has 0 amide bonds. The van der Waals surface area contributed by atoms with Crippen LogP contribution >= 0.6 is 11.8 Å². The minimum absolute atomic E-state index is 0.362. The van der Waals surface area contributed by atoms with Gasteiger partial charge in [-0.2, -0.15) is 11.8 Å². The van der Waals surface area contributed by atoms with Crippen molar-refractivity contribution in [2.45, 2.75) is 18.9 Å². The van der Waals surface area contributed by atoms with Crippen LogP contribution in [0.2, 0.25) is 0 Å². The highest BCUT2D eigenvalue weighted by Crippen LogP contribution is 2.31. The van der Waals surface area contributed by atoms with E-state index in [0.29, 0.717) is 6.54 Å². The smallest absolute Gasteiger partial charge is 0.312 e. The SMILES string of the molecule is O=C(O)C1CN(CC2CCSC2)Cc2ccccc21. The van der Waals surface area contributed by atoms with Gasteiger partial charge in [0.05, 0.1) is 5.92 Å². The van der Waals surface area contributed by atoms with Gasteiger partial charge in [-0.1, -0.05) is 24.3 Å². The second-order valence-corrected chi connectivity index (χ2v) is 6.66. The van der Waals surface area contributed by atoms with Crippen LogP contribution in [0, 0.1) is 5.92 Å². The molecule has 2 unspecified atom stereocenters. The van der Waals surface area contributed by atoms with Gasteiger partial charge in [-0.25, -0.2) is 0 Å². The van der Waals surface area contributed by atoms with E-state index < -0.39 is 5.97 Å². The third-order valence-corrected chi connectivity index (χ3v) is 5.34.